The molecule has 4 heteroatoms. The first kappa shape index (κ1) is 11.0. The number of hydrogen-bond donors (Lipinski definition) is 2. The SMILES string of the molecule is CCc1ccc2c(c1)NC(=O)C(CCN)O2. The van der Waals surface area contributed by atoms with Crippen LogP contribution in [0.4, 0.5) is 5.69 Å². The zero-order valence-corrected chi connectivity index (χ0v) is 9.32. The molecule has 1 amide bonds. The van der Waals surface area contributed by atoms with Crippen molar-refractivity contribution >= 4 is 11.6 Å². The number of amides is 1. The minimum atomic E-state index is -0.454. The largest absolute Gasteiger partial charge is 0.478 e. The Balaban J connectivity index is 2.24. The van der Waals surface area contributed by atoms with Crippen LogP contribution in [-0.4, -0.2) is 18.6 Å². The summed E-state index contributed by atoms with van der Waals surface area (Å²) in [6, 6.07) is 5.86. The fraction of sp³-hybridized carbons (Fsp3) is 0.417. The van der Waals surface area contributed by atoms with Gasteiger partial charge < -0.3 is 15.8 Å². The molecule has 0 saturated carbocycles. The number of nitrogens with two attached hydrogens (primary N) is 1. The van der Waals surface area contributed by atoms with Gasteiger partial charge >= 0.3 is 0 Å². The molecule has 1 atom stereocenters. The van der Waals surface area contributed by atoms with Crippen molar-refractivity contribution in [3.05, 3.63) is 23.8 Å². The van der Waals surface area contributed by atoms with Gasteiger partial charge in [0, 0.05) is 6.42 Å². The van der Waals surface area contributed by atoms with Crippen LogP contribution in [0.3, 0.4) is 0 Å². The van der Waals surface area contributed by atoms with Crippen LogP contribution in [0.2, 0.25) is 0 Å². The summed E-state index contributed by atoms with van der Waals surface area (Å²) in [6.07, 6.45) is 1.03. The standard InChI is InChI=1S/C12H16N2O2/c1-2-8-3-4-10-9(7-8)14-12(15)11(16-10)5-6-13/h3-4,7,11H,2,5-6,13H2,1H3,(H,14,15). The first-order chi connectivity index (χ1) is 7.74. The molecule has 4 nitrogen and oxygen atoms in total. The van der Waals surface area contributed by atoms with Crippen LogP contribution < -0.4 is 15.8 Å². The van der Waals surface area contributed by atoms with Gasteiger partial charge in [0.1, 0.15) is 5.75 Å². The topological polar surface area (TPSA) is 64.4 Å². The number of ether oxygens (including phenoxy) is 1. The number of aryl methyl sites for hydroxylation is 1. The van der Waals surface area contributed by atoms with E-state index >= 15 is 0 Å². The van der Waals surface area contributed by atoms with E-state index in [0.29, 0.717) is 13.0 Å². The zero-order chi connectivity index (χ0) is 11.5. The molecular formula is C12H16N2O2. The summed E-state index contributed by atoms with van der Waals surface area (Å²) in [5.41, 5.74) is 7.37. The quantitative estimate of drug-likeness (QED) is 0.807. The Hall–Kier alpha value is -1.55. The van der Waals surface area contributed by atoms with Gasteiger partial charge in [-0.05, 0) is 30.7 Å². The van der Waals surface area contributed by atoms with E-state index < -0.39 is 6.10 Å². The molecule has 0 bridgehead atoms. The number of benzene rings is 1. The third kappa shape index (κ3) is 2.02. The normalized spacial score (nSPS) is 18.6. The predicted molar refractivity (Wildman–Crippen MR) is 62.5 cm³/mol. The highest BCUT2D eigenvalue weighted by atomic mass is 16.5. The maximum Gasteiger partial charge on any atom is 0.265 e. The van der Waals surface area contributed by atoms with E-state index in [9.17, 15) is 4.79 Å². The minimum absolute atomic E-state index is 0.105. The third-order valence-corrected chi connectivity index (χ3v) is 2.70. The summed E-state index contributed by atoms with van der Waals surface area (Å²) in [6.45, 7) is 2.52. The molecule has 1 aromatic rings. The molecule has 0 radical (unpaired) electrons. The fourth-order valence-corrected chi connectivity index (χ4v) is 1.76. The molecule has 0 aromatic heterocycles. The van der Waals surface area contributed by atoms with Crippen LogP contribution in [0, 0.1) is 0 Å². The van der Waals surface area contributed by atoms with E-state index in [1.807, 2.05) is 18.2 Å². The molecule has 0 aliphatic carbocycles. The molecule has 2 rings (SSSR count). The van der Waals surface area contributed by atoms with E-state index in [-0.39, 0.29) is 5.91 Å². The van der Waals surface area contributed by atoms with Gasteiger partial charge in [0.2, 0.25) is 0 Å². The summed E-state index contributed by atoms with van der Waals surface area (Å²) in [5.74, 6) is 0.626. The highest BCUT2D eigenvalue weighted by Gasteiger charge is 2.26. The fourth-order valence-electron chi connectivity index (χ4n) is 1.76. The van der Waals surface area contributed by atoms with Crippen LogP contribution in [0.1, 0.15) is 18.9 Å². The molecule has 0 spiro atoms. The maximum absolute atomic E-state index is 11.7. The lowest BCUT2D eigenvalue weighted by Crippen LogP contribution is -2.38. The van der Waals surface area contributed by atoms with Gasteiger partial charge in [-0.1, -0.05) is 13.0 Å². The van der Waals surface area contributed by atoms with Crippen molar-refractivity contribution in [2.24, 2.45) is 5.73 Å². The Bertz CT molecular complexity index is 404. The Labute approximate surface area is 94.8 Å². The number of carbonyl (C=O) groups is 1. The van der Waals surface area contributed by atoms with Gasteiger partial charge in [0.05, 0.1) is 5.69 Å². The molecule has 1 aliphatic rings. The van der Waals surface area contributed by atoms with Crippen molar-refractivity contribution in [3.8, 4) is 5.75 Å². The van der Waals surface area contributed by atoms with Crippen LogP contribution in [0.5, 0.6) is 5.75 Å². The van der Waals surface area contributed by atoms with E-state index in [1.165, 1.54) is 5.56 Å². The van der Waals surface area contributed by atoms with Gasteiger partial charge in [0.25, 0.3) is 5.91 Å². The average Bonchev–Trinajstić information content (AvgIpc) is 2.30. The second-order valence-electron chi connectivity index (χ2n) is 3.86. The van der Waals surface area contributed by atoms with Crippen LogP contribution in [-0.2, 0) is 11.2 Å². The summed E-state index contributed by atoms with van der Waals surface area (Å²) < 4.78 is 5.59. The monoisotopic (exact) mass is 220 g/mol. The van der Waals surface area contributed by atoms with E-state index in [2.05, 4.69) is 12.2 Å². The van der Waals surface area contributed by atoms with Gasteiger partial charge in [0.15, 0.2) is 6.10 Å². The smallest absolute Gasteiger partial charge is 0.265 e. The van der Waals surface area contributed by atoms with E-state index in [4.69, 9.17) is 10.5 Å². The first-order valence-electron chi connectivity index (χ1n) is 5.55. The van der Waals surface area contributed by atoms with Gasteiger partial charge in [-0.3, -0.25) is 4.79 Å². The third-order valence-electron chi connectivity index (χ3n) is 2.70. The Morgan fingerprint density at radius 2 is 2.31 bits per heavy atom. The van der Waals surface area contributed by atoms with E-state index in [0.717, 1.165) is 17.9 Å². The number of rotatable bonds is 3. The molecule has 0 saturated heterocycles. The highest BCUT2D eigenvalue weighted by molar-refractivity contribution is 5.97. The number of anilines is 1. The number of hydrogen-bond acceptors (Lipinski definition) is 3. The lowest BCUT2D eigenvalue weighted by molar-refractivity contribution is -0.123. The van der Waals surface area contributed by atoms with Crippen LogP contribution >= 0.6 is 0 Å². The molecule has 3 N–H and O–H groups in total. The molecule has 86 valence electrons. The summed E-state index contributed by atoms with van der Waals surface area (Å²) in [5, 5.41) is 2.85. The number of nitrogens with one attached hydrogen (secondary N) is 1. The van der Waals surface area contributed by atoms with Crippen LogP contribution in [0.15, 0.2) is 18.2 Å². The summed E-state index contributed by atoms with van der Waals surface area (Å²) in [4.78, 5) is 11.7. The minimum Gasteiger partial charge on any atom is -0.478 e. The van der Waals surface area contributed by atoms with Crippen molar-refractivity contribution in [3.63, 3.8) is 0 Å². The van der Waals surface area contributed by atoms with Crippen molar-refractivity contribution in [1.29, 1.82) is 0 Å². The maximum atomic E-state index is 11.7. The Morgan fingerprint density at radius 1 is 1.50 bits per heavy atom. The van der Waals surface area contributed by atoms with Crippen molar-refractivity contribution in [1.82, 2.24) is 0 Å². The first-order valence-corrected chi connectivity index (χ1v) is 5.55. The molecule has 1 aromatic carbocycles. The second-order valence-corrected chi connectivity index (χ2v) is 3.86. The van der Waals surface area contributed by atoms with Gasteiger partial charge in [-0.2, -0.15) is 0 Å². The second kappa shape index (κ2) is 4.53. The number of carbonyl (C=O) groups excluding carboxylic acids is 1. The number of fused-ring (bicyclic) bond motifs is 1. The van der Waals surface area contributed by atoms with E-state index in [1.54, 1.807) is 0 Å². The predicted octanol–water partition coefficient (Wildman–Crippen LogP) is 1.30. The Morgan fingerprint density at radius 3 is 3.00 bits per heavy atom. The average molecular weight is 220 g/mol. The van der Waals surface area contributed by atoms with Crippen molar-refractivity contribution in [2.45, 2.75) is 25.9 Å². The molecular weight excluding hydrogens is 204 g/mol. The van der Waals surface area contributed by atoms with Gasteiger partial charge in [-0.15, -0.1) is 0 Å². The Kier molecular flexibility index (Phi) is 3.10. The molecule has 1 heterocycles. The van der Waals surface area contributed by atoms with Crippen molar-refractivity contribution in [2.75, 3.05) is 11.9 Å². The molecule has 16 heavy (non-hydrogen) atoms. The molecule has 0 fully saturated rings. The van der Waals surface area contributed by atoms with Crippen molar-refractivity contribution < 1.29 is 9.53 Å². The lowest BCUT2D eigenvalue weighted by atomic mass is 10.1. The molecule has 1 aliphatic heterocycles. The van der Waals surface area contributed by atoms with Crippen LogP contribution in [0.25, 0.3) is 0 Å². The zero-order valence-electron chi connectivity index (χ0n) is 9.32. The van der Waals surface area contributed by atoms with Gasteiger partial charge in [-0.25, -0.2) is 0 Å². The molecule has 1 unspecified atom stereocenters. The summed E-state index contributed by atoms with van der Waals surface area (Å²) in [7, 11) is 0. The summed E-state index contributed by atoms with van der Waals surface area (Å²) >= 11 is 0. The lowest BCUT2D eigenvalue weighted by Gasteiger charge is -2.25. The highest BCUT2D eigenvalue weighted by Crippen LogP contribution is 2.31.